The molecule has 0 amide bonds. The minimum absolute atomic E-state index is 0.352. The Morgan fingerprint density at radius 2 is 1.89 bits per heavy atom. The molecule has 4 heteroatoms. The third kappa shape index (κ3) is 4.23. The molecule has 1 unspecified atom stereocenters. The van der Waals surface area contributed by atoms with Crippen LogP contribution in [0.5, 0.6) is 0 Å². The molecule has 4 nitrogen and oxygen atoms in total. The number of hydrogen-bond donors (Lipinski definition) is 0. The molecule has 0 aliphatic heterocycles. The van der Waals surface area contributed by atoms with Crippen molar-refractivity contribution in [2.24, 2.45) is 10.8 Å². The molecule has 0 heterocycles. The van der Waals surface area contributed by atoms with Crippen LogP contribution in [-0.2, 0) is 19.1 Å². The van der Waals surface area contributed by atoms with Crippen molar-refractivity contribution in [3.8, 4) is 0 Å². The summed E-state index contributed by atoms with van der Waals surface area (Å²) in [5.74, 6) is -0.831. The summed E-state index contributed by atoms with van der Waals surface area (Å²) in [7, 11) is 0. The van der Waals surface area contributed by atoms with Gasteiger partial charge >= 0.3 is 11.9 Å². The first kappa shape index (κ1) is 15.5. The highest BCUT2D eigenvalue weighted by molar-refractivity contribution is 5.82. The van der Waals surface area contributed by atoms with Gasteiger partial charge in [-0.1, -0.05) is 23.8 Å². The SMILES string of the molecule is CC1=CC=CC(C)(C(=O)OCOC(=O)C(C)(C)C)[CH]1. The Morgan fingerprint density at radius 1 is 1.26 bits per heavy atom. The Labute approximate surface area is 114 Å². The van der Waals surface area contributed by atoms with Crippen LogP contribution in [-0.4, -0.2) is 18.7 Å². The normalized spacial score (nSPS) is 22.7. The van der Waals surface area contributed by atoms with Gasteiger partial charge in [0.05, 0.1) is 10.8 Å². The topological polar surface area (TPSA) is 52.6 Å². The zero-order chi connectivity index (χ0) is 14.7. The molecule has 1 aliphatic rings. The van der Waals surface area contributed by atoms with E-state index in [9.17, 15) is 9.59 Å². The monoisotopic (exact) mass is 265 g/mol. The highest BCUT2D eigenvalue weighted by Gasteiger charge is 2.34. The zero-order valence-electron chi connectivity index (χ0n) is 12.1. The summed E-state index contributed by atoms with van der Waals surface area (Å²) in [6.45, 7) is 8.54. The maximum absolute atomic E-state index is 12.0. The highest BCUT2D eigenvalue weighted by atomic mass is 16.7. The molecule has 0 aromatic heterocycles. The van der Waals surface area contributed by atoms with Gasteiger partial charge in [-0.3, -0.25) is 9.59 Å². The molecule has 0 aromatic rings. The van der Waals surface area contributed by atoms with Crippen molar-refractivity contribution in [2.75, 3.05) is 6.79 Å². The average molecular weight is 265 g/mol. The van der Waals surface area contributed by atoms with E-state index in [1.54, 1.807) is 33.8 Å². The lowest BCUT2D eigenvalue weighted by molar-refractivity contribution is -0.176. The first-order chi connectivity index (χ1) is 8.65. The molecule has 1 radical (unpaired) electrons. The molecular formula is C15H21O4. The van der Waals surface area contributed by atoms with Crippen LogP contribution in [0.25, 0.3) is 0 Å². The molecule has 0 saturated heterocycles. The van der Waals surface area contributed by atoms with E-state index in [1.165, 1.54) is 0 Å². The van der Waals surface area contributed by atoms with Crippen LogP contribution in [0.3, 0.4) is 0 Å². The molecule has 1 atom stereocenters. The Morgan fingerprint density at radius 3 is 2.42 bits per heavy atom. The highest BCUT2D eigenvalue weighted by Crippen LogP contribution is 2.31. The van der Waals surface area contributed by atoms with Crippen molar-refractivity contribution in [3.63, 3.8) is 0 Å². The van der Waals surface area contributed by atoms with E-state index in [0.717, 1.165) is 5.57 Å². The fraction of sp³-hybridized carbons (Fsp3) is 0.533. The summed E-state index contributed by atoms with van der Waals surface area (Å²) >= 11 is 0. The van der Waals surface area contributed by atoms with Crippen molar-refractivity contribution in [1.29, 1.82) is 0 Å². The lowest BCUT2D eigenvalue weighted by Crippen LogP contribution is -2.32. The summed E-state index contributed by atoms with van der Waals surface area (Å²) < 4.78 is 9.91. The number of carbonyl (C=O) groups is 2. The summed E-state index contributed by atoms with van der Waals surface area (Å²) in [6.07, 6.45) is 7.31. The maximum atomic E-state index is 12.0. The van der Waals surface area contributed by atoms with Crippen LogP contribution in [0.4, 0.5) is 0 Å². The molecule has 1 aliphatic carbocycles. The van der Waals surface area contributed by atoms with Gasteiger partial charge in [0, 0.05) is 6.42 Å². The van der Waals surface area contributed by atoms with Crippen molar-refractivity contribution >= 4 is 11.9 Å². The van der Waals surface area contributed by atoms with E-state index in [0.29, 0.717) is 0 Å². The summed E-state index contributed by atoms with van der Waals surface area (Å²) in [4.78, 5) is 23.5. The number of ether oxygens (including phenoxy) is 2. The van der Waals surface area contributed by atoms with Crippen molar-refractivity contribution in [3.05, 3.63) is 30.2 Å². The predicted molar refractivity (Wildman–Crippen MR) is 71.8 cm³/mol. The van der Waals surface area contributed by atoms with Gasteiger partial charge in [-0.05, 0) is 34.6 Å². The first-order valence-electron chi connectivity index (χ1n) is 6.22. The van der Waals surface area contributed by atoms with Crippen LogP contribution in [0.15, 0.2) is 23.8 Å². The van der Waals surface area contributed by atoms with Gasteiger partial charge in [-0.15, -0.1) is 0 Å². The molecule has 0 spiro atoms. The first-order valence-corrected chi connectivity index (χ1v) is 6.22. The number of hydrogen-bond acceptors (Lipinski definition) is 4. The zero-order valence-corrected chi connectivity index (χ0v) is 12.1. The standard InChI is InChI=1S/C15H21O4/c1-11-7-6-8-15(5,9-11)13(17)19-10-18-12(16)14(2,3)4/h6-9H,10H2,1-5H3. The molecule has 0 saturated carbocycles. The molecule has 19 heavy (non-hydrogen) atoms. The molecular weight excluding hydrogens is 244 g/mol. The van der Waals surface area contributed by atoms with Gasteiger partial charge in [0.15, 0.2) is 0 Å². The van der Waals surface area contributed by atoms with Crippen LogP contribution in [0, 0.1) is 17.3 Å². The Hall–Kier alpha value is -1.58. The van der Waals surface area contributed by atoms with E-state index < -0.39 is 22.8 Å². The van der Waals surface area contributed by atoms with Crippen molar-refractivity contribution in [2.45, 2.75) is 34.6 Å². The number of carbonyl (C=O) groups excluding carboxylic acids is 2. The third-order valence-corrected chi connectivity index (χ3v) is 2.76. The van der Waals surface area contributed by atoms with Gasteiger partial charge < -0.3 is 9.47 Å². The predicted octanol–water partition coefficient (Wildman–Crippen LogP) is 2.80. The summed E-state index contributed by atoms with van der Waals surface area (Å²) in [5.41, 5.74) is -0.409. The lowest BCUT2D eigenvalue weighted by atomic mass is 9.81. The van der Waals surface area contributed by atoms with Crippen molar-refractivity contribution in [1.82, 2.24) is 0 Å². The second-order valence-electron chi connectivity index (χ2n) is 5.93. The molecule has 0 N–H and O–H groups in total. The molecule has 0 bridgehead atoms. The van der Waals surface area contributed by atoms with Crippen LogP contribution in [0.2, 0.25) is 0 Å². The smallest absolute Gasteiger partial charge is 0.319 e. The van der Waals surface area contributed by atoms with Gasteiger partial charge in [0.2, 0.25) is 6.79 Å². The fourth-order valence-electron chi connectivity index (χ4n) is 1.60. The van der Waals surface area contributed by atoms with Crippen LogP contribution < -0.4 is 0 Å². The van der Waals surface area contributed by atoms with Gasteiger partial charge in [0.25, 0.3) is 0 Å². The number of allylic oxidation sites excluding steroid dienone is 3. The van der Waals surface area contributed by atoms with Crippen molar-refractivity contribution < 1.29 is 19.1 Å². The average Bonchev–Trinajstić information content (AvgIpc) is 2.27. The summed E-state index contributed by atoms with van der Waals surface area (Å²) in [6, 6.07) is 0. The minimum Gasteiger partial charge on any atom is -0.427 e. The van der Waals surface area contributed by atoms with E-state index in [4.69, 9.17) is 9.47 Å². The fourth-order valence-corrected chi connectivity index (χ4v) is 1.60. The van der Waals surface area contributed by atoms with E-state index in [2.05, 4.69) is 0 Å². The second kappa shape index (κ2) is 5.59. The molecule has 1 rings (SSSR count). The van der Waals surface area contributed by atoms with Gasteiger partial charge in [-0.25, -0.2) is 0 Å². The maximum Gasteiger partial charge on any atom is 0.319 e. The van der Waals surface area contributed by atoms with Gasteiger partial charge in [-0.2, -0.15) is 0 Å². The summed E-state index contributed by atoms with van der Waals surface area (Å²) in [5, 5.41) is 0. The van der Waals surface area contributed by atoms with Crippen LogP contribution in [0.1, 0.15) is 34.6 Å². The minimum atomic E-state index is -0.799. The lowest BCUT2D eigenvalue weighted by Gasteiger charge is -2.26. The number of rotatable bonds is 3. The van der Waals surface area contributed by atoms with Crippen LogP contribution >= 0.6 is 0 Å². The largest absolute Gasteiger partial charge is 0.427 e. The van der Waals surface area contributed by atoms with E-state index in [-0.39, 0.29) is 6.79 Å². The Balaban J connectivity index is 2.47. The van der Waals surface area contributed by atoms with Gasteiger partial charge in [0.1, 0.15) is 0 Å². The second-order valence-corrected chi connectivity index (χ2v) is 5.93. The quantitative estimate of drug-likeness (QED) is 0.581. The Kier molecular flexibility index (Phi) is 4.56. The van der Waals surface area contributed by atoms with E-state index >= 15 is 0 Å². The molecule has 0 aromatic carbocycles. The number of esters is 2. The van der Waals surface area contributed by atoms with E-state index in [1.807, 2.05) is 25.5 Å². The molecule has 0 fully saturated rings. The third-order valence-electron chi connectivity index (χ3n) is 2.76. The molecule has 105 valence electrons. The Bertz CT molecular complexity index is 426.